The number of carbonyl (C=O) groups is 1. The van der Waals surface area contributed by atoms with Crippen LogP contribution >= 0.6 is 11.6 Å². The highest BCUT2D eigenvalue weighted by Gasteiger charge is 2.28. The van der Waals surface area contributed by atoms with E-state index in [9.17, 15) is 4.79 Å². The first-order valence-electron chi connectivity index (χ1n) is 2.53. The van der Waals surface area contributed by atoms with Gasteiger partial charge >= 0.3 is 5.97 Å². The molecule has 0 saturated carbocycles. The quantitative estimate of drug-likeness (QED) is 0.364. The molecule has 0 spiro atoms. The minimum Gasteiger partial charge on any atom is -0.461 e. The summed E-state index contributed by atoms with van der Waals surface area (Å²) in [6.07, 6.45) is 0.270. The van der Waals surface area contributed by atoms with Gasteiger partial charge in [-0.05, 0) is 6.92 Å². The van der Waals surface area contributed by atoms with Crippen molar-refractivity contribution < 1.29 is 9.53 Å². The number of hydrogen-bond acceptors (Lipinski definition) is 2. The molecular weight excluding hydrogens is 128 g/mol. The van der Waals surface area contributed by atoms with Crippen molar-refractivity contribution in [3.63, 3.8) is 0 Å². The Morgan fingerprint density at radius 1 is 1.88 bits per heavy atom. The normalized spacial score (nSPS) is 37.5. The van der Waals surface area contributed by atoms with Crippen molar-refractivity contribution in [2.75, 3.05) is 0 Å². The zero-order chi connectivity index (χ0) is 6.15. The lowest BCUT2D eigenvalue weighted by atomic mass is 10.2. The molecule has 2 atom stereocenters. The molecule has 3 heteroatoms. The number of cyclic esters (lactones) is 1. The van der Waals surface area contributed by atoms with Gasteiger partial charge in [0, 0.05) is 0 Å². The molecule has 0 radical (unpaired) electrons. The van der Waals surface area contributed by atoms with E-state index in [0.717, 1.165) is 0 Å². The van der Waals surface area contributed by atoms with Crippen LogP contribution in [-0.2, 0) is 9.53 Å². The Morgan fingerprint density at radius 2 is 2.50 bits per heavy atom. The lowest BCUT2D eigenvalue weighted by Gasteiger charge is -2.01. The molecule has 1 rings (SSSR count). The average molecular weight is 135 g/mol. The first kappa shape index (κ1) is 5.89. The van der Waals surface area contributed by atoms with E-state index in [0.29, 0.717) is 6.42 Å². The second-order valence-electron chi connectivity index (χ2n) is 1.92. The third kappa shape index (κ3) is 0.944. The van der Waals surface area contributed by atoms with Crippen LogP contribution in [0, 0.1) is 0 Å². The standard InChI is InChI=1S/C5H7ClO2/c1-3-4(6)2-5(7)8-3/h3-4H,2H2,1H3. The van der Waals surface area contributed by atoms with E-state index in [-0.39, 0.29) is 17.5 Å². The molecule has 8 heavy (non-hydrogen) atoms. The number of carbonyl (C=O) groups excluding carboxylic acids is 1. The van der Waals surface area contributed by atoms with Crippen LogP contribution in [0.2, 0.25) is 0 Å². The summed E-state index contributed by atoms with van der Waals surface area (Å²) in [6.45, 7) is 1.79. The fraction of sp³-hybridized carbons (Fsp3) is 0.800. The summed E-state index contributed by atoms with van der Waals surface area (Å²) in [5.41, 5.74) is 0. The van der Waals surface area contributed by atoms with Gasteiger partial charge in [0.05, 0.1) is 11.8 Å². The number of ether oxygens (including phenoxy) is 1. The van der Waals surface area contributed by atoms with Crippen LogP contribution in [0.3, 0.4) is 0 Å². The van der Waals surface area contributed by atoms with Crippen LogP contribution in [0.15, 0.2) is 0 Å². The Hall–Kier alpha value is -0.240. The van der Waals surface area contributed by atoms with E-state index in [1.807, 2.05) is 0 Å². The molecule has 2 unspecified atom stereocenters. The number of halogens is 1. The first-order valence-corrected chi connectivity index (χ1v) is 2.97. The second-order valence-corrected chi connectivity index (χ2v) is 2.48. The maximum atomic E-state index is 10.4. The van der Waals surface area contributed by atoms with Crippen LogP contribution < -0.4 is 0 Å². The Bertz CT molecular complexity index is 101. The van der Waals surface area contributed by atoms with Crippen molar-refractivity contribution >= 4 is 17.6 Å². The lowest BCUT2D eigenvalue weighted by Crippen LogP contribution is -2.09. The molecule has 0 amide bonds. The smallest absolute Gasteiger partial charge is 0.307 e. The van der Waals surface area contributed by atoms with Crippen molar-refractivity contribution in [3.05, 3.63) is 0 Å². The summed E-state index contributed by atoms with van der Waals surface area (Å²) >= 11 is 5.61. The number of alkyl halides is 1. The maximum absolute atomic E-state index is 10.4. The molecule has 0 aromatic carbocycles. The van der Waals surface area contributed by atoms with Gasteiger partial charge in [0.25, 0.3) is 0 Å². The molecule has 1 aliphatic rings. The van der Waals surface area contributed by atoms with Gasteiger partial charge in [0.2, 0.25) is 0 Å². The van der Waals surface area contributed by atoms with Crippen molar-refractivity contribution in [1.82, 2.24) is 0 Å². The van der Waals surface area contributed by atoms with Crippen LogP contribution in [0.5, 0.6) is 0 Å². The van der Waals surface area contributed by atoms with E-state index >= 15 is 0 Å². The van der Waals surface area contributed by atoms with Gasteiger partial charge in [-0.1, -0.05) is 0 Å². The molecule has 0 aromatic rings. The van der Waals surface area contributed by atoms with Crippen LogP contribution in [-0.4, -0.2) is 17.5 Å². The molecule has 0 bridgehead atoms. The van der Waals surface area contributed by atoms with Gasteiger partial charge < -0.3 is 4.74 Å². The van der Waals surface area contributed by atoms with Crippen LogP contribution in [0.1, 0.15) is 13.3 Å². The Labute approximate surface area is 52.8 Å². The van der Waals surface area contributed by atoms with Gasteiger partial charge in [-0.2, -0.15) is 0 Å². The van der Waals surface area contributed by atoms with Crippen molar-refractivity contribution in [2.24, 2.45) is 0 Å². The summed E-state index contributed by atoms with van der Waals surface area (Å²) in [6, 6.07) is 0. The highest BCUT2D eigenvalue weighted by molar-refractivity contribution is 6.22. The zero-order valence-corrected chi connectivity index (χ0v) is 5.31. The number of esters is 1. The minimum absolute atomic E-state index is 0.0934. The van der Waals surface area contributed by atoms with Gasteiger partial charge in [0.15, 0.2) is 0 Å². The van der Waals surface area contributed by atoms with Gasteiger partial charge in [-0.25, -0.2) is 0 Å². The number of rotatable bonds is 0. The molecule has 0 aromatic heterocycles. The average Bonchev–Trinajstić information content (AvgIpc) is 1.85. The molecule has 2 nitrogen and oxygen atoms in total. The summed E-state index contributed by atoms with van der Waals surface area (Å²) in [5, 5.41) is -0.109. The second kappa shape index (κ2) is 1.94. The van der Waals surface area contributed by atoms with E-state index in [1.54, 1.807) is 6.92 Å². The van der Waals surface area contributed by atoms with Crippen LogP contribution in [0.25, 0.3) is 0 Å². The predicted molar refractivity (Wildman–Crippen MR) is 29.8 cm³/mol. The topological polar surface area (TPSA) is 26.3 Å². The molecule has 1 aliphatic heterocycles. The van der Waals surface area contributed by atoms with Crippen molar-refractivity contribution in [2.45, 2.75) is 24.8 Å². The Kier molecular flexibility index (Phi) is 1.43. The van der Waals surface area contributed by atoms with E-state index < -0.39 is 0 Å². The molecule has 46 valence electrons. The third-order valence-corrected chi connectivity index (χ3v) is 1.70. The lowest BCUT2D eigenvalue weighted by molar-refractivity contribution is -0.140. The monoisotopic (exact) mass is 134 g/mol. The molecule has 0 N–H and O–H groups in total. The van der Waals surface area contributed by atoms with Crippen molar-refractivity contribution in [3.8, 4) is 0 Å². The molecule has 1 saturated heterocycles. The molecule has 1 fully saturated rings. The highest BCUT2D eigenvalue weighted by Crippen LogP contribution is 2.19. The van der Waals surface area contributed by atoms with E-state index in [2.05, 4.69) is 0 Å². The fourth-order valence-corrected chi connectivity index (χ4v) is 0.832. The summed E-state index contributed by atoms with van der Waals surface area (Å²) < 4.78 is 4.70. The molecule has 0 aliphatic carbocycles. The first-order chi connectivity index (χ1) is 3.70. The van der Waals surface area contributed by atoms with E-state index in [1.165, 1.54) is 0 Å². The van der Waals surface area contributed by atoms with Gasteiger partial charge in [0.1, 0.15) is 6.10 Å². The molecular formula is C5H7ClO2. The van der Waals surface area contributed by atoms with Crippen LogP contribution in [0.4, 0.5) is 0 Å². The summed E-state index contributed by atoms with van der Waals surface area (Å²) in [5.74, 6) is -0.183. The van der Waals surface area contributed by atoms with E-state index in [4.69, 9.17) is 16.3 Å². The summed E-state index contributed by atoms with van der Waals surface area (Å²) in [7, 11) is 0. The highest BCUT2D eigenvalue weighted by atomic mass is 35.5. The van der Waals surface area contributed by atoms with Gasteiger partial charge in [-0.15, -0.1) is 11.6 Å². The zero-order valence-electron chi connectivity index (χ0n) is 4.56. The SMILES string of the molecule is CC1OC(=O)CC1Cl. The Balaban J connectivity index is 2.51. The predicted octanol–water partition coefficient (Wildman–Crippen LogP) is 0.929. The molecule has 1 heterocycles. The summed E-state index contributed by atoms with van der Waals surface area (Å²) in [4.78, 5) is 10.4. The third-order valence-electron chi connectivity index (χ3n) is 1.19. The number of hydrogen-bond donors (Lipinski definition) is 0. The largest absolute Gasteiger partial charge is 0.461 e. The Morgan fingerprint density at radius 3 is 2.62 bits per heavy atom. The maximum Gasteiger partial charge on any atom is 0.307 e. The minimum atomic E-state index is -0.183. The fourth-order valence-electron chi connectivity index (χ4n) is 0.654. The van der Waals surface area contributed by atoms with Crippen molar-refractivity contribution in [1.29, 1.82) is 0 Å². The van der Waals surface area contributed by atoms with Gasteiger partial charge in [-0.3, -0.25) is 4.79 Å².